The molecule has 0 aliphatic heterocycles. The predicted octanol–water partition coefficient (Wildman–Crippen LogP) is 5.55. The summed E-state index contributed by atoms with van der Waals surface area (Å²) in [7, 11) is 1.73. The van der Waals surface area contributed by atoms with E-state index in [4.69, 9.17) is 9.47 Å². The molecule has 3 heteroatoms. The Morgan fingerprint density at radius 3 is 1.82 bits per heavy atom. The summed E-state index contributed by atoms with van der Waals surface area (Å²) in [4.78, 5) is 11.2. The zero-order valence-corrected chi connectivity index (χ0v) is 16.6. The number of carbonyl (C=O) groups is 1. The number of methoxy groups -OCH3 is 1. The van der Waals surface area contributed by atoms with Crippen LogP contribution in [0.3, 0.4) is 0 Å². The van der Waals surface area contributed by atoms with E-state index in [9.17, 15) is 4.79 Å². The van der Waals surface area contributed by atoms with Crippen LogP contribution in [-0.2, 0) is 4.79 Å². The molecule has 2 aromatic carbocycles. The van der Waals surface area contributed by atoms with Crippen LogP contribution >= 0.6 is 0 Å². The monoisotopic (exact) mass is 376 g/mol. The minimum Gasteiger partial charge on any atom is -0.497 e. The van der Waals surface area contributed by atoms with Crippen molar-refractivity contribution in [3.05, 3.63) is 59.7 Å². The number of hydrogen-bond donors (Lipinski definition) is 0. The molecule has 0 spiro atoms. The third kappa shape index (κ3) is 3.01. The molecule has 0 amide bonds. The molecule has 4 saturated carbocycles. The van der Waals surface area contributed by atoms with Crippen molar-refractivity contribution >= 4 is 5.97 Å². The Balaban J connectivity index is 1.46. The Kier molecular flexibility index (Phi) is 4.41. The zero-order chi connectivity index (χ0) is 19.3. The molecular weight excluding hydrogens is 348 g/mol. The minimum atomic E-state index is -0.262. The Hall–Kier alpha value is -2.29. The fraction of sp³-hybridized carbons (Fsp3) is 0.480. The van der Waals surface area contributed by atoms with Gasteiger partial charge in [0.15, 0.2) is 0 Å². The quantitative estimate of drug-likeness (QED) is 0.518. The summed E-state index contributed by atoms with van der Waals surface area (Å²) in [6.45, 7) is 1.45. The van der Waals surface area contributed by atoms with Gasteiger partial charge in [0.1, 0.15) is 11.5 Å². The largest absolute Gasteiger partial charge is 0.497 e. The SMILES string of the molecule is COc1ccc(C2C3CC4CC(C3)C(c3ccc(OC(C)=O)cc3)C2C4)cc1. The van der Waals surface area contributed by atoms with Crippen molar-refractivity contribution in [2.75, 3.05) is 7.11 Å². The van der Waals surface area contributed by atoms with Gasteiger partial charge in [0.25, 0.3) is 0 Å². The lowest BCUT2D eigenvalue weighted by Gasteiger charge is -2.59. The van der Waals surface area contributed by atoms with Crippen molar-refractivity contribution in [1.29, 1.82) is 0 Å². The van der Waals surface area contributed by atoms with Crippen LogP contribution < -0.4 is 9.47 Å². The Labute approximate surface area is 167 Å². The van der Waals surface area contributed by atoms with Crippen LogP contribution in [0.25, 0.3) is 0 Å². The Morgan fingerprint density at radius 1 is 0.786 bits per heavy atom. The molecule has 146 valence electrons. The van der Waals surface area contributed by atoms with Crippen molar-refractivity contribution in [3.63, 3.8) is 0 Å². The number of ether oxygens (including phenoxy) is 2. The highest BCUT2D eigenvalue weighted by atomic mass is 16.5. The van der Waals surface area contributed by atoms with E-state index < -0.39 is 0 Å². The number of esters is 1. The molecule has 6 atom stereocenters. The van der Waals surface area contributed by atoms with Crippen molar-refractivity contribution in [2.24, 2.45) is 23.7 Å². The van der Waals surface area contributed by atoms with Crippen LogP contribution in [-0.4, -0.2) is 13.1 Å². The van der Waals surface area contributed by atoms with Crippen molar-refractivity contribution in [1.82, 2.24) is 0 Å². The van der Waals surface area contributed by atoms with Gasteiger partial charge in [-0.05, 0) is 96.6 Å². The van der Waals surface area contributed by atoms with E-state index in [1.54, 1.807) is 7.11 Å². The number of benzene rings is 2. The van der Waals surface area contributed by atoms with Gasteiger partial charge in [-0.25, -0.2) is 0 Å². The molecule has 28 heavy (non-hydrogen) atoms. The number of hydrogen-bond acceptors (Lipinski definition) is 3. The van der Waals surface area contributed by atoms with E-state index in [1.807, 2.05) is 12.1 Å². The van der Waals surface area contributed by atoms with Gasteiger partial charge in [0.2, 0.25) is 0 Å². The molecule has 4 aliphatic rings. The molecule has 3 nitrogen and oxygen atoms in total. The predicted molar refractivity (Wildman–Crippen MR) is 109 cm³/mol. The average Bonchev–Trinajstić information content (AvgIpc) is 2.69. The lowest BCUT2D eigenvalue weighted by atomic mass is 9.46. The van der Waals surface area contributed by atoms with Crippen LogP contribution in [0.4, 0.5) is 0 Å². The fourth-order valence-electron chi connectivity index (χ4n) is 6.70. The zero-order valence-electron chi connectivity index (χ0n) is 16.6. The summed E-state index contributed by atoms with van der Waals surface area (Å²) in [5.41, 5.74) is 2.90. The smallest absolute Gasteiger partial charge is 0.308 e. The number of rotatable bonds is 4. The van der Waals surface area contributed by atoms with Gasteiger partial charge < -0.3 is 9.47 Å². The molecular formula is C25H28O3. The van der Waals surface area contributed by atoms with Crippen LogP contribution in [0.1, 0.15) is 55.6 Å². The second-order valence-corrected chi connectivity index (χ2v) is 8.98. The molecule has 4 fully saturated rings. The second-order valence-electron chi connectivity index (χ2n) is 8.98. The molecule has 4 aliphatic carbocycles. The summed E-state index contributed by atoms with van der Waals surface area (Å²) in [6, 6.07) is 17.1. The Morgan fingerprint density at radius 2 is 1.32 bits per heavy atom. The summed E-state index contributed by atoms with van der Waals surface area (Å²) in [6.07, 6.45) is 5.49. The van der Waals surface area contributed by atoms with Crippen molar-refractivity contribution in [2.45, 2.75) is 44.4 Å². The van der Waals surface area contributed by atoms with Crippen LogP contribution in [0.2, 0.25) is 0 Å². The molecule has 0 N–H and O–H groups in total. The minimum absolute atomic E-state index is 0.262. The summed E-state index contributed by atoms with van der Waals surface area (Å²) < 4.78 is 10.6. The van der Waals surface area contributed by atoms with Gasteiger partial charge in [-0.15, -0.1) is 0 Å². The van der Waals surface area contributed by atoms with Gasteiger partial charge >= 0.3 is 5.97 Å². The van der Waals surface area contributed by atoms with Gasteiger partial charge in [0.05, 0.1) is 7.11 Å². The van der Waals surface area contributed by atoms with Gasteiger partial charge in [-0.2, -0.15) is 0 Å². The fourth-order valence-corrected chi connectivity index (χ4v) is 6.70. The van der Waals surface area contributed by atoms with E-state index in [1.165, 1.54) is 43.7 Å². The third-order valence-electron chi connectivity index (χ3n) is 7.45. The maximum Gasteiger partial charge on any atom is 0.308 e. The lowest BCUT2D eigenvalue weighted by molar-refractivity contribution is -0.131. The standard InChI is InChI=1S/C25H28O3/c1-15(26)28-22-9-5-18(6-10-22)25-20-12-16-11-19(14-20)24(23(25)13-16)17-3-7-21(27-2)8-4-17/h3-10,16,19-20,23-25H,11-14H2,1-2H3. The van der Waals surface area contributed by atoms with Gasteiger partial charge in [0, 0.05) is 6.92 Å². The molecule has 0 heterocycles. The molecule has 6 unspecified atom stereocenters. The van der Waals surface area contributed by atoms with Crippen LogP contribution in [0.15, 0.2) is 48.5 Å². The number of carbonyl (C=O) groups excluding carboxylic acids is 1. The average molecular weight is 376 g/mol. The van der Waals surface area contributed by atoms with Crippen LogP contribution in [0.5, 0.6) is 11.5 Å². The maximum atomic E-state index is 11.2. The van der Waals surface area contributed by atoms with E-state index in [0.717, 1.165) is 23.5 Å². The first kappa shape index (κ1) is 17.8. The topological polar surface area (TPSA) is 35.5 Å². The first-order valence-corrected chi connectivity index (χ1v) is 10.5. The van der Waals surface area contributed by atoms with E-state index >= 15 is 0 Å². The summed E-state index contributed by atoms with van der Waals surface area (Å²) >= 11 is 0. The summed E-state index contributed by atoms with van der Waals surface area (Å²) in [5, 5.41) is 0. The van der Waals surface area contributed by atoms with E-state index in [2.05, 4.69) is 36.4 Å². The van der Waals surface area contributed by atoms with Crippen LogP contribution in [0, 0.1) is 23.7 Å². The van der Waals surface area contributed by atoms with Crippen molar-refractivity contribution < 1.29 is 14.3 Å². The van der Waals surface area contributed by atoms with Gasteiger partial charge in [-0.3, -0.25) is 4.79 Å². The molecule has 4 bridgehead atoms. The molecule has 2 aromatic rings. The van der Waals surface area contributed by atoms with E-state index in [-0.39, 0.29) is 5.97 Å². The first-order chi connectivity index (χ1) is 13.6. The first-order valence-electron chi connectivity index (χ1n) is 10.5. The molecule has 0 radical (unpaired) electrons. The molecule has 6 rings (SSSR count). The van der Waals surface area contributed by atoms with Crippen molar-refractivity contribution in [3.8, 4) is 11.5 Å². The molecule has 0 saturated heterocycles. The third-order valence-corrected chi connectivity index (χ3v) is 7.45. The van der Waals surface area contributed by atoms with Gasteiger partial charge in [-0.1, -0.05) is 24.3 Å². The molecule has 0 aromatic heterocycles. The highest BCUT2D eigenvalue weighted by molar-refractivity contribution is 5.69. The lowest BCUT2D eigenvalue weighted by Crippen LogP contribution is -2.48. The second kappa shape index (κ2) is 6.95. The maximum absolute atomic E-state index is 11.2. The van der Waals surface area contributed by atoms with E-state index in [0.29, 0.717) is 23.5 Å². The highest BCUT2D eigenvalue weighted by Gasteiger charge is 2.53. The normalized spacial score (nSPS) is 32.9. The Bertz CT molecular complexity index is 854. The summed E-state index contributed by atoms with van der Waals surface area (Å²) in [5.74, 6) is 5.84. The highest BCUT2D eigenvalue weighted by Crippen LogP contribution is 2.64.